The van der Waals surface area contributed by atoms with Gasteiger partial charge in [0.2, 0.25) is 5.91 Å². The first-order valence-corrected chi connectivity index (χ1v) is 12.3. The largest absolute Gasteiger partial charge is 0.350 e. The maximum atomic E-state index is 13.1. The third-order valence-electron chi connectivity index (χ3n) is 6.58. The van der Waals surface area contributed by atoms with Crippen molar-refractivity contribution in [2.24, 2.45) is 0 Å². The first kappa shape index (κ1) is 21.0. The zero-order chi connectivity index (χ0) is 21.7. The first-order chi connectivity index (χ1) is 14.9. The molecule has 5 rings (SSSR count). The van der Waals surface area contributed by atoms with Crippen molar-refractivity contribution in [3.05, 3.63) is 32.6 Å². The lowest BCUT2D eigenvalue weighted by molar-refractivity contribution is -0.123. The Morgan fingerprint density at radius 2 is 2.06 bits per heavy atom. The molecule has 1 aliphatic carbocycles. The molecule has 0 bridgehead atoms. The molecule has 2 aliphatic rings. The van der Waals surface area contributed by atoms with E-state index in [0.29, 0.717) is 15.9 Å². The number of rotatable bonds is 5. The third-order valence-corrected chi connectivity index (χ3v) is 7.78. The predicted octanol–water partition coefficient (Wildman–Crippen LogP) is 3.62. The molecule has 1 saturated carbocycles. The number of thiophene rings is 1. The third kappa shape index (κ3) is 3.90. The van der Waals surface area contributed by atoms with Crippen LogP contribution < -0.4 is 10.9 Å². The van der Waals surface area contributed by atoms with Crippen molar-refractivity contribution in [2.45, 2.75) is 70.5 Å². The summed E-state index contributed by atoms with van der Waals surface area (Å²) in [7, 11) is 0. The second-order valence-electron chi connectivity index (χ2n) is 9.13. The Morgan fingerprint density at radius 1 is 1.26 bits per heavy atom. The highest BCUT2D eigenvalue weighted by Gasteiger charge is 2.30. The van der Waals surface area contributed by atoms with Gasteiger partial charge in [-0.15, -0.1) is 11.3 Å². The van der Waals surface area contributed by atoms with E-state index in [0.717, 1.165) is 42.0 Å². The molecule has 0 radical (unpaired) electrons. The van der Waals surface area contributed by atoms with Gasteiger partial charge in [0.25, 0.3) is 5.56 Å². The van der Waals surface area contributed by atoms with Crippen molar-refractivity contribution in [3.63, 3.8) is 0 Å². The Bertz CT molecular complexity index is 1190. The summed E-state index contributed by atoms with van der Waals surface area (Å²) in [5.74, 6) is 0.687. The van der Waals surface area contributed by atoms with Crippen molar-refractivity contribution >= 4 is 44.6 Å². The van der Waals surface area contributed by atoms with Crippen LogP contribution in [0.5, 0.6) is 0 Å². The minimum atomic E-state index is -0.251. The quantitative estimate of drug-likeness (QED) is 0.629. The van der Waals surface area contributed by atoms with Gasteiger partial charge in [0.05, 0.1) is 14.6 Å². The lowest BCUT2D eigenvalue weighted by atomic mass is 9.89. The summed E-state index contributed by atoms with van der Waals surface area (Å²) >= 11 is 7.62. The number of halogens is 1. The topological polar surface area (TPSA) is 71.6 Å². The lowest BCUT2D eigenvalue weighted by Crippen LogP contribution is -2.53. The Kier molecular flexibility index (Phi) is 5.56. The fraction of sp³-hybridized carbons (Fsp3) is 0.591. The molecule has 1 aliphatic heterocycles. The van der Waals surface area contributed by atoms with Crippen LogP contribution >= 0.6 is 22.9 Å². The molecule has 7 nitrogen and oxygen atoms in total. The zero-order valence-electron chi connectivity index (χ0n) is 17.9. The van der Waals surface area contributed by atoms with Gasteiger partial charge < -0.3 is 5.32 Å². The van der Waals surface area contributed by atoms with Gasteiger partial charge in [-0.2, -0.15) is 5.10 Å². The second-order valence-corrected chi connectivity index (χ2v) is 10.8. The van der Waals surface area contributed by atoms with Crippen LogP contribution in [0.3, 0.4) is 0 Å². The van der Waals surface area contributed by atoms with Crippen molar-refractivity contribution in [3.8, 4) is 0 Å². The van der Waals surface area contributed by atoms with Gasteiger partial charge in [-0.25, -0.2) is 4.68 Å². The molecule has 9 heteroatoms. The summed E-state index contributed by atoms with van der Waals surface area (Å²) in [5, 5.41) is 7.74. The number of nitrogens with zero attached hydrogens (tertiary/aromatic N) is 4. The van der Waals surface area contributed by atoms with Crippen LogP contribution in [0.2, 0.25) is 4.34 Å². The van der Waals surface area contributed by atoms with Crippen LogP contribution in [0, 0.1) is 0 Å². The number of nitrogens with one attached hydrogen (secondary N) is 1. The predicted molar refractivity (Wildman–Crippen MR) is 124 cm³/mol. The van der Waals surface area contributed by atoms with Gasteiger partial charge in [0, 0.05) is 24.5 Å². The van der Waals surface area contributed by atoms with E-state index in [1.807, 2.05) is 30.4 Å². The van der Waals surface area contributed by atoms with E-state index in [1.165, 1.54) is 35.3 Å². The first-order valence-electron chi connectivity index (χ1n) is 11.2. The van der Waals surface area contributed by atoms with Crippen molar-refractivity contribution in [1.29, 1.82) is 0 Å². The Morgan fingerprint density at radius 3 is 2.77 bits per heavy atom. The number of carbonyl (C=O) groups is 1. The van der Waals surface area contributed by atoms with Crippen LogP contribution in [0.15, 0.2) is 16.9 Å². The van der Waals surface area contributed by atoms with E-state index in [1.54, 1.807) is 0 Å². The molecule has 0 aromatic carbocycles. The average Bonchev–Trinajstić information content (AvgIpc) is 3.19. The molecule has 0 unspecified atom stereocenters. The molecule has 4 heterocycles. The van der Waals surface area contributed by atoms with Gasteiger partial charge in [0.15, 0.2) is 0 Å². The minimum Gasteiger partial charge on any atom is -0.350 e. The molecular formula is C22H28ClN5O2S. The summed E-state index contributed by atoms with van der Waals surface area (Å²) in [6, 6.07) is 4.56. The number of hydrogen-bond acceptors (Lipinski definition) is 5. The number of piperidine rings is 1. The normalized spacial score (nSPS) is 20.6. The summed E-state index contributed by atoms with van der Waals surface area (Å²) in [5.41, 5.74) is 1.19. The van der Waals surface area contributed by atoms with Crippen LogP contribution in [0.4, 0.5) is 0 Å². The van der Waals surface area contributed by atoms with Crippen molar-refractivity contribution < 1.29 is 4.79 Å². The van der Waals surface area contributed by atoms with E-state index in [-0.39, 0.29) is 30.0 Å². The van der Waals surface area contributed by atoms with Gasteiger partial charge in [-0.05, 0) is 44.4 Å². The molecule has 2 fully saturated rings. The standard InChI is InChI=1S/C22H28ClN5O2S/c1-13(2)21-25-27(22(30)17-9-18-16(28(17)21)10-19(23)31-18)12-20(29)24-14-5-4-8-26(11-14)15-6-3-7-15/h9-10,13-15H,3-8,11-12H2,1-2H3,(H,24,29)/t14-/m1/s1. The highest BCUT2D eigenvalue weighted by Crippen LogP contribution is 2.32. The molecule has 3 aromatic rings. The number of aromatic nitrogens is 3. The molecule has 1 atom stereocenters. The molecule has 3 aromatic heterocycles. The van der Waals surface area contributed by atoms with E-state index < -0.39 is 0 Å². The smallest absolute Gasteiger partial charge is 0.291 e. The van der Waals surface area contributed by atoms with Crippen LogP contribution in [0.25, 0.3) is 15.7 Å². The summed E-state index contributed by atoms with van der Waals surface area (Å²) < 4.78 is 4.83. The molecule has 1 amide bonds. The molecule has 1 N–H and O–H groups in total. The number of fused-ring (bicyclic) bond motifs is 3. The summed E-state index contributed by atoms with van der Waals surface area (Å²) in [4.78, 5) is 28.5. The molecule has 0 spiro atoms. The summed E-state index contributed by atoms with van der Waals surface area (Å²) in [6.45, 7) is 6.04. The molecule has 31 heavy (non-hydrogen) atoms. The van der Waals surface area contributed by atoms with E-state index >= 15 is 0 Å². The van der Waals surface area contributed by atoms with Crippen molar-refractivity contribution in [1.82, 2.24) is 24.4 Å². The maximum absolute atomic E-state index is 13.1. The van der Waals surface area contributed by atoms with E-state index in [2.05, 4.69) is 15.3 Å². The summed E-state index contributed by atoms with van der Waals surface area (Å²) in [6.07, 6.45) is 5.96. The van der Waals surface area contributed by atoms with Gasteiger partial charge in [0.1, 0.15) is 17.9 Å². The van der Waals surface area contributed by atoms with Crippen molar-refractivity contribution in [2.75, 3.05) is 13.1 Å². The highest BCUT2D eigenvalue weighted by molar-refractivity contribution is 7.22. The van der Waals surface area contributed by atoms with Gasteiger partial charge >= 0.3 is 0 Å². The Balaban J connectivity index is 1.39. The van der Waals surface area contributed by atoms with E-state index in [9.17, 15) is 9.59 Å². The van der Waals surface area contributed by atoms with Gasteiger partial charge in [-0.1, -0.05) is 31.9 Å². The zero-order valence-corrected chi connectivity index (χ0v) is 19.5. The lowest BCUT2D eigenvalue weighted by Gasteiger charge is -2.42. The Labute approximate surface area is 190 Å². The molecular weight excluding hydrogens is 434 g/mol. The number of likely N-dealkylation sites (tertiary alicyclic amines) is 1. The Hall–Kier alpha value is -1.90. The highest BCUT2D eigenvalue weighted by atomic mass is 35.5. The van der Waals surface area contributed by atoms with Crippen LogP contribution in [-0.4, -0.2) is 50.2 Å². The fourth-order valence-corrected chi connectivity index (χ4v) is 5.97. The molecule has 166 valence electrons. The minimum absolute atomic E-state index is 0.0609. The number of amides is 1. The van der Waals surface area contributed by atoms with Crippen LogP contribution in [0.1, 0.15) is 57.7 Å². The maximum Gasteiger partial charge on any atom is 0.291 e. The fourth-order valence-electron chi connectivity index (χ4n) is 4.81. The monoisotopic (exact) mass is 461 g/mol. The number of carbonyl (C=O) groups excluding carboxylic acids is 1. The second kappa shape index (κ2) is 8.22. The van der Waals surface area contributed by atoms with Crippen LogP contribution in [-0.2, 0) is 11.3 Å². The average molecular weight is 462 g/mol. The number of hydrogen-bond donors (Lipinski definition) is 1. The SMILES string of the molecule is CC(C)c1nn(CC(=O)N[C@@H]2CCCN(C3CCC3)C2)c(=O)c2cc3sc(Cl)cc3n12. The van der Waals surface area contributed by atoms with Gasteiger partial charge in [-0.3, -0.25) is 18.9 Å². The molecule has 1 saturated heterocycles. The van der Waals surface area contributed by atoms with E-state index in [4.69, 9.17) is 11.6 Å².